The van der Waals surface area contributed by atoms with Crippen molar-refractivity contribution in [1.82, 2.24) is 9.97 Å². The highest BCUT2D eigenvalue weighted by atomic mass is 16.4. The second-order valence-electron chi connectivity index (χ2n) is 8.77. The molecular weight excluding hydrogens is 388 g/mol. The molecule has 0 bridgehead atoms. The van der Waals surface area contributed by atoms with E-state index in [4.69, 9.17) is 0 Å². The Bertz CT molecular complexity index is 1370. The number of aromatic nitrogens is 2. The third kappa shape index (κ3) is 3.44. The molecule has 3 N–H and O–H groups in total. The maximum atomic E-state index is 13.4. The Kier molecular flexibility index (Phi) is 5.00. The number of carboxylic acid groups (broad SMARTS) is 1. The number of H-pyrrole nitrogens is 2. The van der Waals surface area contributed by atoms with Gasteiger partial charge in [0, 0.05) is 45.2 Å². The van der Waals surface area contributed by atoms with Gasteiger partial charge in [0.15, 0.2) is 5.78 Å². The summed E-state index contributed by atoms with van der Waals surface area (Å²) < 4.78 is 0. The molecule has 0 aliphatic heterocycles. The van der Waals surface area contributed by atoms with Crippen molar-refractivity contribution in [3.8, 4) is 0 Å². The highest BCUT2D eigenvalue weighted by molar-refractivity contribution is 6.11. The number of hydrogen-bond acceptors (Lipinski definition) is 2. The summed E-state index contributed by atoms with van der Waals surface area (Å²) in [6, 6.07) is 8.11. The minimum Gasteiger partial charge on any atom is -0.481 e. The van der Waals surface area contributed by atoms with E-state index >= 15 is 0 Å². The van der Waals surface area contributed by atoms with Crippen LogP contribution in [0, 0.1) is 41.5 Å². The maximum absolute atomic E-state index is 13.4. The lowest BCUT2D eigenvalue weighted by Crippen LogP contribution is -2.17. The summed E-state index contributed by atoms with van der Waals surface area (Å²) in [6.45, 7) is 11.9. The lowest BCUT2D eigenvalue weighted by molar-refractivity contribution is -0.138. The van der Waals surface area contributed by atoms with Gasteiger partial charge in [0.25, 0.3) is 0 Å². The zero-order valence-corrected chi connectivity index (χ0v) is 18.9. The second-order valence-corrected chi connectivity index (χ2v) is 8.77. The summed E-state index contributed by atoms with van der Waals surface area (Å²) in [4.78, 5) is 32.4. The Balaban J connectivity index is 1.81. The monoisotopic (exact) mass is 416 g/mol. The number of ketones is 1. The summed E-state index contributed by atoms with van der Waals surface area (Å²) in [5.74, 6) is -2.06. The van der Waals surface area contributed by atoms with Crippen molar-refractivity contribution in [2.45, 2.75) is 53.9 Å². The Morgan fingerprint density at radius 1 is 0.774 bits per heavy atom. The van der Waals surface area contributed by atoms with Gasteiger partial charge in [-0.15, -0.1) is 0 Å². The van der Waals surface area contributed by atoms with Crippen LogP contribution in [0.3, 0.4) is 0 Å². The van der Waals surface area contributed by atoms with Crippen molar-refractivity contribution in [2.24, 2.45) is 0 Å². The van der Waals surface area contributed by atoms with E-state index in [-0.39, 0.29) is 12.2 Å². The summed E-state index contributed by atoms with van der Waals surface area (Å²) in [5, 5.41) is 11.8. The average Bonchev–Trinajstić information content (AvgIpc) is 3.15. The Morgan fingerprint density at radius 2 is 1.26 bits per heavy atom. The minimum absolute atomic E-state index is 0.0865. The molecule has 0 spiro atoms. The smallest absolute Gasteiger partial charge is 0.311 e. The molecule has 0 aliphatic carbocycles. The van der Waals surface area contributed by atoms with Crippen LogP contribution in [-0.4, -0.2) is 26.8 Å². The fourth-order valence-electron chi connectivity index (χ4n) is 4.62. The third-order valence-corrected chi connectivity index (χ3v) is 6.57. The standard InChI is InChI=1S/C26H28N2O3/c1-12-7-18-21(9-14(12)3)27-16(5)24(18)20(26(30)31)11-23(29)25-17(6)28-22-10-15(4)13(2)8-19(22)25/h7-10,20,27-28H,11H2,1-6H3,(H,30,31). The Morgan fingerprint density at radius 3 is 1.84 bits per heavy atom. The number of rotatable bonds is 5. The number of carbonyl (C=O) groups excluding carboxylic acids is 1. The van der Waals surface area contributed by atoms with Gasteiger partial charge in [0.05, 0.1) is 5.92 Å². The van der Waals surface area contributed by atoms with Crippen molar-refractivity contribution < 1.29 is 14.7 Å². The van der Waals surface area contributed by atoms with E-state index in [1.54, 1.807) is 0 Å². The minimum atomic E-state index is -0.986. The third-order valence-electron chi connectivity index (χ3n) is 6.57. The van der Waals surface area contributed by atoms with Gasteiger partial charge < -0.3 is 15.1 Å². The number of aromatic amines is 2. The van der Waals surface area contributed by atoms with E-state index in [1.807, 2.05) is 65.8 Å². The normalized spacial score (nSPS) is 12.6. The fraction of sp³-hybridized carbons (Fsp3) is 0.308. The van der Waals surface area contributed by atoms with E-state index < -0.39 is 11.9 Å². The van der Waals surface area contributed by atoms with Crippen molar-refractivity contribution in [3.05, 3.63) is 69.0 Å². The lowest BCUT2D eigenvalue weighted by atomic mass is 9.88. The van der Waals surface area contributed by atoms with Crippen molar-refractivity contribution in [3.63, 3.8) is 0 Å². The van der Waals surface area contributed by atoms with Crippen LogP contribution in [-0.2, 0) is 4.79 Å². The van der Waals surface area contributed by atoms with Crippen molar-refractivity contribution in [1.29, 1.82) is 0 Å². The quantitative estimate of drug-likeness (QED) is 0.352. The zero-order chi connectivity index (χ0) is 22.6. The molecule has 2 aromatic heterocycles. The molecule has 160 valence electrons. The predicted octanol–water partition coefficient (Wildman–Crippen LogP) is 5.94. The number of Topliss-reactive ketones (excluding diaryl/α,β-unsaturated/α-hetero) is 1. The molecule has 2 aromatic carbocycles. The molecule has 4 aromatic rings. The maximum Gasteiger partial charge on any atom is 0.311 e. The molecule has 0 saturated heterocycles. The molecular formula is C26H28N2O3. The number of aliphatic carboxylic acids is 1. The van der Waals surface area contributed by atoms with Crippen molar-refractivity contribution >= 4 is 33.6 Å². The average molecular weight is 417 g/mol. The number of hydrogen-bond donors (Lipinski definition) is 3. The largest absolute Gasteiger partial charge is 0.481 e. The molecule has 0 radical (unpaired) electrons. The molecule has 5 heteroatoms. The summed E-state index contributed by atoms with van der Waals surface area (Å²) in [7, 11) is 0. The van der Waals surface area contributed by atoms with E-state index in [9.17, 15) is 14.7 Å². The number of fused-ring (bicyclic) bond motifs is 2. The van der Waals surface area contributed by atoms with Crippen molar-refractivity contribution in [2.75, 3.05) is 0 Å². The molecule has 0 fully saturated rings. The molecule has 4 rings (SSSR count). The first-order chi connectivity index (χ1) is 14.6. The molecule has 1 unspecified atom stereocenters. The van der Waals surface area contributed by atoms with Crippen LogP contribution >= 0.6 is 0 Å². The first-order valence-corrected chi connectivity index (χ1v) is 10.5. The van der Waals surface area contributed by atoms with Gasteiger partial charge in [0.1, 0.15) is 0 Å². The van der Waals surface area contributed by atoms with Crippen LogP contribution in [0.25, 0.3) is 21.8 Å². The number of nitrogens with one attached hydrogen (secondary N) is 2. The van der Waals surface area contributed by atoms with E-state index in [1.165, 1.54) is 0 Å². The Hall–Kier alpha value is -3.34. The van der Waals surface area contributed by atoms with Gasteiger partial charge in [-0.05, 0) is 93.6 Å². The number of benzene rings is 2. The van der Waals surface area contributed by atoms with Gasteiger partial charge in [-0.25, -0.2) is 0 Å². The summed E-state index contributed by atoms with van der Waals surface area (Å²) >= 11 is 0. The molecule has 5 nitrogen and oxygen atoms in total. The SMILES string of the molecule is Cc1cc2[nH]c(C)c(C(=O)CC(C(=O)O)c3c(C)[nH]c4cc(C)c(C)cc34)c2cc1C. The lowest BCUT2D eigenvalue weighted by Gasteiger charge is -2.14. The topological polar surface area (TPSA) is 85.9 Å². The van der Waals surface area contributed by atoms with E-state index in [0.29, 0.717) is 11.1 Å². The van der Waals surface area contributed by atoms with Gasteiger partial charge in [-0.2, -0.15) is 0 Å². The summed E-state index contributed by atoms with van der Waals surface area (Å²) in [5.41, 5.74) is 9.17. The fourth-order valence-corrected chi connectivity index (χ4v) is 4.62. The van der Waals surface area contributed by atoms with Gasteiger partial charge in [-0.1, -0.05) is 0 Å². The van der Waals surface area contributed by atoms with Crippen LogP contribution in [0.4, 0.5) is 0 Å². The number of aryl methyl sites for hydroxylation is 6. The first kappa shape index (κ1) is 20.9. The van der Waals surface area contributed by atoms with Crippen LogP contribution in [0.5, 0.6) is 0 Å². The van der Waals surface area contributed by atoms with Crippen LogP contribution < -0.4 is 0 Å². The van der Waals surface area contributed by atoms with Crippen LogP contribution in [0.2, 0.25) is 0 Å². The van der Waals surface area contributed by atoms with Gasteiger partial charge in [-0.3, -0.25) is 9.59 Å². The Labute approximate surface area is 181 Å². The number of carboxylic acids is 1. The first-order valence-electron chi connectivity index (χ1n) is 10.5. The van der Waals surface area contributed by atoms with E-state index in [0.717, 1.165) is 55.4 Å². The van der Waals surface area contributed by atoms with Gasteiger partial charge in [0.2, 0.25) is 0 Å². The van der Waals surface area contributed by atoms with E-state index in [2.05, 4.69) is 9.97 Å². The molecule has 31 heavy (non-hydrogen) atoms. The predicted molar refractivity (Wildman–Crippen MR) is 124 cm³/mol. The summed E-state index contributed by atoms with van der Waals surface area (Å²) in [6.07, 6.45) is -0.0865. The molecule has 2 heterocycles. The molecule has 0 aliphatic rings. The molecule has 0 saturated carbocycles. The number of carbonyl (C=O) groups is 2. The zero-order valence-electron chi connectivity index (χ0n) is 18.9. The van der Waals surface area contributed by atoms with Crippen LogP contribution in [0.15, 0.2) is 24.3 Å². The molecule has 1 atom stereocenters. The second kappa shape index (κ2) is 7.41. The van der Waals surface area contributed by atoms with Gasteiger partial charge >= 0.3 is 5.97 Å². The molecule has 0 amide bonds. The van der Waals surface area contributed by atoms with Crippen LogP contribution in [0.1, 0.15) is 61.9 Å². The highest BCUT2D eigenvalue weighted by Gasteiger charge is 2.30. The highest BCUT2D eigenvalue weighted by Crippen LogP contribution is 2.35.